The number of carbonyl (C=O) groups is 2. The van der Waals surface area contributed by atoms with Gasteiger partial charge in [-0.3, -0.25) is 14.4 Å². The van der Waals surface area contributed by atoms with Crippen molar-refractivity contribution in [3.8, 4) is 0 Å². The Labute approximate surface area is 178 Å². The molecule has 0 saturated heterocycles. The third kappa shape index (κ3) is 6.32. The van der Waals surface area contributed by atoms with Crippen LogP contribution < -0.4 is 10.8 Å². The lowest BCUT2D eigenvalue weighted by Crippen LogP contribution is -2.26. The fraction of sp³-hybridized carbons (Fsp3) is 0.263. The number of benzene rings is 2. The van der Waals surface area contributed by atoms with Gasteiger partial charge in [-0.25, -0.2) is 18.7 Å². The molecule has 0 aromatic heterocycles. The number of carbonyl (C=O) groups excluding carboxylic acids is 1. The van der Waals surface area contributed by atoms with E-state index in [-0.39, 0.29) is 17.9 Å². The number of halogens is 4. The van der Waals surface area contributed by atoms with Gasteiger partial charge in [0.15, 0.2) is 11.6 Å². The van der Waals surface area contributed by atoms with E-state index >= 15 is 0 Å². The van der Waals surface area contributed by atoms with Crippen LogP contribution in [0.15, 0.2) is 30.3 Å². The lowest BCUT2D eigenvalue weighted by Gasteiger charge is -2.14. The number of anilines is 2. The average molecular weight is 522 g/mol. The first-order valence-corrected chi connectivity index (χ1v) is 9.63. The third-order valence-corrected chi connectivity index (χ3v) is 4.67. The number of amides is 1. The van der Waals surface area contributed by atoms with Crippen LogP contribution in [0, 0.1) is 26.9 Å². The highest BCUT2D eigenvalue weighted by atomic mass is 127. The maximum atomic E-state index is 14.3. The van der Waals surface area contributed by atoms with Gasteiger partial charge in [0.1, 0.15) is 5.82 Å². The monoisotopic (exact) mass is 522 g/mol. The highest BCUT2D eigenvalue weighted by Crippen LogP contribution is 2.28. The Bertz CT molecular complexity index is 911. The van der Waals surface area contributed by atoms with Gasteiger partial charge in [0, 0.05) is 3.57 Å². The van der Waals surface area contributed by atoms with Gasteiger partial charge in [-0.2, -0.15) is 0 Å². The number of carboxylic acids is 1. The predicted octanol–water partition coefficient (Wildman–Crippen LogP) is 4.61. The third-order valence-electron chi connectivity index (χ3n) is 4.00. The molecular formula is C19H18F3IN2O4. The fourth-order valence-corrected chi connectivity index (χ4v) is 2.80. The van der Waals surface area contributed by atoms with E-state index in [2.05, 4.69) is 10.8 Å². The molecule has 0 aliphatic rings. The summed E-state index contributed by atoms with van der Waals surface area (Å²) < 4.78 is 42.6. The van der Waals surface area contributed by atoms with Crippen LogP contribution in [0.2, 0.25) is 0 Å². The second-order valence-corrected chi connectivity index (χ2v) is 7.44. The van der Waals surface area contributed by atoms with Gasteiger partial charge in [0.05, 0.1) is 29.5 Å². The van der Waals surface area contributed by atoms with E-state index in [0.717, 1.165) is 12.1 Å². The molecule has 1 amide bonds. The molecular weight excluding hydrogens is 504 g/mol. The van der Waals surface area contributed by atoms with Gasteiger partial charge in [-0.1, -0.05) is 6.92 Å². The van der Waals surface area contributed by atoms with E-state index in [9.17, 15) is 22.8 Å². The Morgan fingerprint density at radius 2 is 1.90 bits per heavy atom. The molecule has 0 fully saturated rings. The SMILES string of the molecule is CC(CCCONC(=O)c1ccc(F)c(F)c1Nc1ccc(I)cc1F)C(=O)O. The molecule has 0 heterocycles. The summed E-state index contributed by atoms with van der Waals surface area (Å²) in [5, 5.41) is 11.2. The molecule has 1 unspecified atom stereocenters. The summed E-state index contributed by atoms with van der Waals surface area (Å²) in [6.07, 6.45) is 0.708. The van der Waals surface area contributed by atoms with Crippen molar-refractivity contribution in [2.24, 2.45) is 5.92 Å². The molecule has 10 heteroatoms. The van der Waals surface area contributed by atoms with Crippen LogP contribution in [-0.2, 0) is 9.63 Å². The van der Waals surface area contributed by atoms with Crippen LogP contribution >= 0.6 is 22.6 Å². The molecule has 0 aliphatic carbocycles. The van der Waals surface area contributed by atoms with E-state index < -0.39 is 40.9 Å². The van der Waals surface area contributed by atoms with Crippen molar-refractivity contribution < 1.29 is 32.7 Å². The molecule has 2 aromatic rings. The topological polar surface area (TPSA) is 87.7 Å². The first-order chi connectivity index (χ1) is 13.7. The number of nitrogens with one attached hydrogen (secondary N) is 2. The Balaban J connectivity index is 2.09. The van der Waals surface area contributed by atoms with Crippen LogP contribution in [0.5, 0.6) is 0 Å². The van der Waals surface area contributed by atoms with Crippen molar-refractivity contribution in [3.63, 3.8) is 0 Å². The number of hydroxylamine groups is 1. The molecule has 0 radical (unpaired) electrons. The zero-order chi connectivity index (χ0) is 21.6. The normalized spacial score (nSPS) is 11.8. The van der Waals surface area contributed by atoms with Crippen molar-refractivity contribution in [2.45, 2.75) is 19.8 Å². The first-order valence-electron chi connectivity index (χ1n) is 8.55. The van der Waals surface area contributed by atoms with Crippen LogP contribution in [0.3, 0.4) is 0 Å². The maximum Gasteiger partial charge on any atom is 0.306 e. The number of hydrogen-bond donors (Lipinski definition) is 3. The molecule has 2 rings (SSSR count). The molecule has 29 heavy (non-hydrogen) atoms. The first kappa shape index (κ1) is 22.9. The Hall–Kier alpha value is -2.34. The molecule has 1 atom stereocenters. The number of rotatable bonds is 9. The van der Waals surface area contributed by atoms with Gasteiger partial charge < -0.3 is 10.4 Å². The summed E-state index contributed by atoms with van der Waals surface area (Å²) in [6, 6.07) is 5.90. The average Bonchev–Trinajstić information content (AvgIpc) is 2.66. The summed E-state index contributed by atoms with van der Waals surface area (Å²) >= 11 is 1.90. The van der Waals surface area contributed by atoms with E-state index in [4.69, 9.17) is 9.94 Å². The van der Waals surface area contributed by atoms with Gasteiger partial charge >= 0.3 is 5.97 Å². The van der Waals surface area contributed by atoms with Crippen LogP contribution in [0.4, 0.5) is 24.5 Å². The number of aliphatic carboxylic acids is 1. The zero-order valence-corrected chi connectivity index (χ0v) is 17.4. The minimum Gasteiger partial charge on any atom is -0.481 e. The smallest absolute Gasteiger partial charge is 0.306 e. The molecule has 2 aromatic carbocycles. The highest BCUT2D eigenvalue weighted by molar-refractivity contribution is 14.1. The van der Waals surface area contributed by atoms with Crippen molar-refractivity contribution in [1.29, 1.82) is 0 Å². The summed E-state index contributed by atoms with van der Waals surface area (Å²) in [7, 11) is 0. The van der Waals surface area contributed by atoms with Gasteiger partial charge in [0.2, 0.25) is 0 Å². The lowest BCUT2D eigenvalue weighted by atomic mass is 10.1. The Kier molecular flexibility index (Phi) is 8.26. The highest BCUT2D eigenvalue weighted by Gasteiger charge is 2.20. The van der Waals surface area contributed by atoms with Crippen molar-refractivity contribution in [2.75, 3.05) is 11.9 Å². The van der Waals surface area contributed by atoms with Crippen LogP contribution in [0.1, 0.15) is 30.1 Å². The standard InChI is InChI=1S/C19H18F3IN2O4/c1-10(19(27)28)3-2-8-29-25-18(26)12-5-6-13(20)16(22)17(12)24-15-7-4-11(23)9-14(15)21/h4-7,9-10,24H,2-3,8H2,1H3,(H,25,26)(H,27,28). The molecule has 0 aliphatic heterocycles. The van der Waals surface area contributed by atoms with Crippen molar-refractivity contribution in [3.05, 3.63) is 56.9 Å². The minimum absolute atomic E-state index is 0.0293. The molecule has 0 bridgehead atoms. The molecule has 0 saturated carbocycles. The summed E-state index contributed by atoms with van der Waals surface area (Å²) in [4.78, 5) is 28.0. The summed E-state index contributed by atoms with van der Waals surface area (Å²) in [6.45, 7) is 1.57. The second kappa shape index (κ2) is 10.4. The van der Waals surface area contributed by atoms with E-state index in [1.165, 1.54) is 12.1 Å². The predicted molar refractivity (Wildman–Crippen MR) is 108 cm³/mol. The Morgan fingerprint density at radius 1 is 1.17 bits per heavy atom. The van der Waals surface area contributed by atoms with Crippen molar-refractivity contribution >= 4 is 45.8 Å². The van der Waals surface area contributed by atoms with E-state index in [1.807, 2.05) is 22.6 Å². The van der Waals surface area contributed by atoms with E-state index in [0.29, 0.717) is 16.4 Å². The molecule has 156 valence electrons. The number of hydrogen-bond acceptors (Lipinski definition) is 4. The molecule has 6 nitrogen and oxygen atoms in total. The minimum atomic E-state index is -1.34. The molecule has 0 spiro atoms. The molecule has 3 N–H and O–H groups in total. The second-order valence-electron chi connectivity index (χ2n) is 6.19. The van der Waals surface area contributed by atoms with Gasteiger partial charge in [-0.05, 0) is 65.8 Å². The largest absolute Gasteiger partial charge is 0.481 e. The van der Waals surface area contributed by atoms with E-state index in [1.54, 1.807) is 13.0 Å². The van der Waals surface area contributed by atoms with Crippen molar-refractivity contribution in [1.82, 2.24) is 5.48 Å². The Morgan fingerprint density at radius 3 is 2.55 bits per heavy atom. The fourth-order valence-electron chi connectivity index (χ4n) is 2.34. The van der Waals surface area contributed by atoms with Gasteiger partial charge in [0.25, 0.3) is 5.91 Å². The van der Waals surface area contributed by atoms with Crippen LogP contribution in [-0.4, -0.2) is 23.6 Å². The van der Waals surface area contributed by atoms with Crippen LogP contribution in [0.25, 0.3) is 0 Å². The summed E-state index contributed by atoms with van der Waals surface area (Å²) in [5.41, 5.74) is 1.13. The number of carboxylic acid groups (broad SMARTS) is 1. The quantitative estimate of drug-likeness (QED) is 0.255. The zero-order valence-electron chi connectivity index (χ0n) is 15.3. The van der Waals surface area contributed by atoms with Gasteiger partial charge in [-0.15, -0.1) is 0 Å². The maximum absolute atomic E-state index is 14.3. The summed E-state index contributed by atoms with van der Waals surface area (Å²) in [5.74, 6) is -5.61. The lowest BCUT2D eigenvalue weighted by molar-refractivity contribution is -0.141.